The molecule has 3 atom stereocenters. The summed E-state index contributed by atoms with van der Waals surface area (Å²) in [6.45, 7) is 6.99. The fourth-order valence-corrected chi connectivity index (χ4v) is 4.10. The molecule has 3 rings (SSSR count). The van der Waals surface area contributed by atoms with Gasteiger partial charge in [-0.15, -0.1) is 0 Å². The molecule has 0 spiro atoms. The monoisotopic (exact) mass is 346 g/mol. The lowest BCUT2D eigenvalue weighted by atomic mass is 10.1. The molecule has 0 aromatic heterocycles. The second-order valence-corrected chi connectivity index (χ2v) is 13.0. The third kappa shape index (κ3) is 4.67. The summed E-state index contributed by atoms with van der Waals surface area (Å²) in [7, 11) is -1.26. The van der Waals surface area contributed by atoms with Crippen molar-refractivity contribution in [2.24, 2.45) is 11.8 Å². The lowest BCUT2D eigenvalue weighted by Crippen LogP contribution is -2.15. The molecule has 2 aromatic rings. The van der Waals surface area contributed by atoms with Crippen molar-refractivity contribution in [2.45, 2.75) is 25.6 Å². The van der Waals surface area contributed by atoms with Gasteiger partial charge in [0.2, 0.25) is 0 Å². The number of carbonyl (C=O) groups is 1. The molecule has 25 heavy (non-hydrogen) atoms. The van der Waals surface area contributed by atoms with Gasteiger partial charge in [0.1, 0.15) is 0 Å². The summed E-state index contributed by atoms with van der Waals surface area (Å²) in [5, 5.41) is 0. The molecule has 128 valence electrons. The summed E-state index contributed by atoms with van der Waals surface area (Å²) in [6, 6.07) is 20.5. The predicted octanol–water partition coefficient (Wildman–Crippen LogP) is 5.73. The number of rotatable bonds is 6. The minimum atomic E-state index is -1.26. The van der Waals surface area contributed by atoms with Gasteiger partial charge in [-0.1, -0.05) is 98.2 Å². The molecule has 2 aromatic carbocycles. The van der Waals surface area contributed by atoms with Crippen molar-refractivity contribution >= 4 is 19.9 Å². The second-order valence-electron chi connectivity index (χ2n) is 7.91. The van der Waals surface area contributed by atoms with Crippen LogP contribution >= 0.6 is 0 Å². The Labute approximate surface area is 152 Å². The van der Waals surface area contributed by atoms with Crippen molar-refractivity contribution < 1.29 is 4.79 Å². The van der Waals surface area contributed by atoms with E-state index in [-0.39, 0.29) is 11.7 Å². The zero-order chi connectivity index (χ0) is 17.9. The number of ketones is 1. The van der Waals surface area contributed by atoms with Gasteiger partial charge in [-0.05, 0) is 23.1 Å². The molecule has 1 aliphatic rings. The van der Waals surface area contributed by atoms with Gasteiger partial charge in [0.15, 0.2) is 5.78 Å². The van der Waals surface area contributed by atoms with Crippen LogP contribution in [0.3, 0.4) is 0 Å². The molecule has 0 unspecified atom stereocenters. The highest BCUT2D eigenvalue weighted by Crippen LogP contribution is 2.55. The van der Waals surface area contributed by atoms with Gasteiger partial charge >= 0.3 is 0 Å². The summed E-state index contributed by atoms with van der Waals surface area (Å²) < 4.78 is 0. The summed E-state index contributed by atoms with van der Waals surface area (Å²) >= 11 is 0. The van der Waals surface area contributed by atoms with Gasteiger partial charge in [0.25, 0.3) is 0 Å². The van der Waals surface area contributed by atoms with Gasteiger partial charge in [-0.3, -0.25) is 4.79 Å². The standard InChI is InChI=1S/C23H26OSi/c1-25(2,3)17-16-20-22(19-12-8-5-9-13-19)23(20)21(24)15-14-18-10-6-4-7-11-18/h4-17,20,22-23H,1-3H3/b15-14+,17-16+/t20-,22-,23+/m0/s1. The zero-order valence-corrected chi connectivity index (χ0v) is 16.2. The smallest absolute Gasteiger partial charge is 0.160 e. The first kappa shape index (κ1) is 17.6. The van der Waals surface area contributed by atoms with Gasteiger partial charge in [-0.2, -0.15) is 0 Å². The Morgan fingerprint density at radius 2 is 1.52 bits per heavy atom. The number of allylic oxidation sites excluding steroid dienone is 2. The van der Waals surface area contributed by atoms with Crippen LogP contribution in [0, 0.1) is 11.8 Å². The summed E-state index contributed by atoms with van der Waals surface area (Å²) in [6.07, 6.45) is 6.00. The molecular formula is C23H26OSi. The highest BCUT2D eigenvalue weighted by molar-refractivity contribution is 6.80. The fraction of sp³-hybridized carbons (Fsp3) is 0.261. The first-order chi connectivity index (χ1) is 12.0. The lowest BCUT2D eigenvalue weighted by molar-refractivity contribution is -0.115. The Hall–Kier alpha value is -2.19. The molecule has 1 saturated carbocycles. The summed E-state index contributed by atoms with van der Waals surface area (Å²) in [4.78, 5) is 12.8. The molecule has 0 saturated heterocycles. The largest absolute Gasteiger partial charge is 0.294 e. The lowest BCUT2D eigenvalue weighted by Gasteiger charge is -2.07. The summed E-state index contributed by atoms with van der Waals surface area (Å²) in [5.74, 6) is 0.974. The molecule has 1 nitrogen and oxygen atoms in total. The van der Waals surface area contributed by atoms with Crippen LogP contribution in [0.5, 0.6) is 0 Å². The fourth-order valence-electron chi connectivity index (χ4n) is 3.30. The van der Waals surface area contributed by atoms with E-state index in [4.69, 9.17) is 0 Å². The summed E-state index contributed by atoms with van der Waals surface area (Å²) in [5.41, 5.74) is 4.73. The van der Waals surface area contributed by atoms with E-state index in [1.807, 2.05) is 42.5 Å². The van der Waals surface area contributed by atoms with Crippen LogP contribution in [-0.4, -0.2) is 13.9 Å². The molecule has 0 N–H and O–H groups in total. The van der Waals surface area contributed by atoms with E-state index in [0.29, 0.717) is 11.8 Å². The van der Waals surface area contributed by atoms with Gasteiger partial charge in [0.05, 0.1) is 8.07 Å². The van der Waals surface area contributed by atoms with Gasteiger partial charge in [-0.25, -0.2) is 0 Å². The maximum atomic E-state index is 12.8. The molecule has 0 radical (unpaired) electrons. The third-order valence-electron chi connectivity index (χ3n) is 4.65. The first-order valence-electron chi connectivity index (χ1n) is 8.97. The average molecular weight is 347 g/mol. The predicted molar refractivity (Wildman–Crippen MR) is 109 cm³/mol. The van der Waals surface area contributed by atoms with Crippen molar-refractivity contribution in [1.29, 1.82) is 0 Å². The van der Waals surface area contributed by atoms with Crippen molar-refractivity contribution in [3.8, 4) is 0 Å². The molecular weight excluding hydrogens is 320 g/mol. The first-order valence-corrected chi connectivity index (χ1v) is 12.5. The van der Waals surface area contributed by atoms with Crippen LogP contribution in [0.25, 0.3) is 6.08 Å². The van der Waals surface area contributed by atoms with E-state index in [9.17, 15) is 4.79 Å². The average Bonchev–Trinajstić information content (AvgIpc) is 3.33. The molecule has 0 heterocycles. The van der Waals surface area contributed by atoms with Crippen LogP contribution in [0.15, 0.2) is 78.5 Å². The van der Waals surface area contributed by atoms with Crippen LogP contribution in [-0.2, 0) is 4.79 Å². The molecule has 0 bridgehead atoms. The van der Waals surface area contributed by atoms with Gasteiger partial charge in [0, 0.05) is 11.8 Å². The van der Waals surface area contributed by atoms with Crippen LogP contribution < -0.4 is 0 Å². The highest BCUT2D eigenvalue weighted by Gasteiger charge is 2.52. The Kier molecular flexibility index (Phi) is 5.19. The Morgan fingerprint density at radius 3 is 2.12 bits per heavy atom. The van der Waals surface area contributed by atoms with Crippen molar-refractivity contribution in [3.05, 3.63) is 89.6 Å². The van der Waals surface area contributed by atoms with Crippen molar-refractivity contribution in [3.63, 3.8) is 0 Å². The molecule has 1 fully saturated rings. The minimum absolute atomic E-state index is 0.0787. The van der Waals surface area contributed by atoms with Crippen molar-refractivity contribution in [1.82, 2.24) is 0 Å². The van der Waals surface area contributed by atoms with Crippen LogP contribution in [0.4, 0.5) is 0 Å². The van der Waals surface area contributed by atoms with Crippen molar-refractivity contribution in [2.75, 3.05) is 0 Å². The molecule has 0 aliphatic heterocycles. The van der Waals surface area contributed by atoms with E-state index in [2.05, 4.69) is 55.7 Å². The van der Waals surface area contributed by atoms with E-state index < -0.39 is 8.07 Å². The van der Waals surface area contributed by atoms with E-state index in [1.165, 1.54) is 5.56 Å². The molecule has 0 amide bonds. The maximum absolute atomic E-state index is 12.8. The quantitative estimate of drug-likeness (QED) is 0.482. The topological polar surface area (TPSA) is 17.1 Å². The minimum Gasteiger partial charge on any atom is -0.294 e. The Morgan fingerprint density at radius 1 is 0.920 bits per heavy atom. The zero-order valence-electron chi connectivity index (χ0n) is 15.2. The van der Waals surface area contributed by atoms with Crippen LogP contribution in [0.1, 0.15) is 17.0 Å². The van der Waals surface area contributed by atoms with E-state index >= 15 is 0 Å². The van der Waals surface area contributed by atoms with Crippen LogP contribution in [0.2, 0.25) is 19.6 Å². The second kappa shape index (κ2) is 7.36. The Balaban J connectivity index is 1.78. The molecule has 2 heteroatoms. The number of hydrogen-bond donors (Lipinski definition) is 0. The van der Waals surface area contributed by atoms with E-state index in [0.717, 1.165) is 5.56 Å². The Bertz CT molecular complexity index is 769. The molecule has 1 aliphatic carbocycles. The van der Waals surface area contributed by atoms with Gasteiger partial charge < -0.3 is 0 Å². The highest BCUT2D eigenvalue weighted by atomic mass is 28.3. The number of benzene rings is 2. The normalized spacial score (nSPS) is 23.2. The maximum Gasteiger partial charge on any atom is 0.160 e. The van der Waals surface area contributed by atoms with E-state index in [1.54, 1.807) is 6.08 Å². The SMILES string of the molecule is C[Si](C)(C)/C=C/[C@@H]1[C@H](C(=O)/C=C/c2ccccc2)[C@H]1c1ccccc1. The number of hydrogen-bond acceptors (Lipinski definition) is 1. The number of carbonyl (C=O) groups excluding carboxylic acids is 1. The third-order valence-corrected chi connectivity index (χ3v) is 5.84.